The maximum absolute atomic E-state index is 5.99. The van der Waals surface area contributed by atoms with E-state index in [0.29, 0.717) is 12.2 Å². The topological polar surface area (TPSA) is 64.9 Å². The highest BCUT2D eigenvalue weighted by molar-refractivity contribution is 5.91. The molecule has 2 aromatic carbocycles. The lowest BCUT2D eigenvalue weighted by Gasteiger charge is -2.09. The monoisotopic (exact) mass is 249 g/mol. The fraction of sp³-hybridized carbons (Fsp3) is 0.0625. The lowest BCUT2D eigenvalue weighted by molar-refractivity contribution is 1.07. The van der Waals surface area contributed by atoms with Gasteiger partial charge in [0.25, 0.3) is 0 Å². The number of nitrogens with two attached hydrogens (primary N) is 2. The van der Waals surface area contributed by atoms with Crippen molar-refractivity contribution < 1.29 is 0 Å². The Kier molecular flexibility index (Phi) is 2.89. The maximum Gasteiger partial charge on any atom is 0.0938 e. The number of benzene rings is 2. The van der Waals surface area contributed by atoms with Crippen molar-refractivity contribution in [1.29, 1.82) is 0 Å². The second-order valence-corrected chi connectivity index (χ2v) is 4.48. The molecule has 0 fully saturated rings. The molecule has 19 heavy (non-hydrogen) atoms. The number of anilines is 1. The molecule has 1 heterocycles. The molecule has 0 saturated heterocycles. The highest BCUT2D eigenvalue weighted by atomic mass is 14.7. The standard InChI is InChI=1S/C16H15N3/c17-10-12-4-1-2-6-13(12)15-9-8-11-5-3-7-14(18)16(11)19-15/h1-9H,10,17-18H2. The predicted molar refractivity (Wildman–Crippen MR) is 79.5 cm³/mol. The third-order valence-electron chi connectivity index (χ3n) is 3.26. The minimum atomic E-state index is 0.500. The first-order valence-corrected chi connectivity index (χ1v) is 6.23. The molecule has 94 valence electrons. The summed E-state index contributed by atoms with van der Waals surface area (Å²) in [4.78, 5) is 4.67. The third kappa shape index (κ3) is 2.04. The highest BCUT2D eigenvalue weighted by Crippen LogP contribution is 2.26. The van der Waals surface area contributed by atoms with Crippen LogP contribution in [0.5, 0.6) is 0 Å². The molecule has 3 heteroatoms. The van der Waals surface area contributed by atoms with Gasteiger partial charge in [0.15, 0.2) is 0 Å². The zero-order chi connectivity index (χ0) is 13.2. The molecule has 0 radical (unpaired) electrons. The molecule has 0 aliphatic heterocycles. The normalized spacial score (nSPS) is 10.8. The number of aromatic nitrogens is 1. The summed E-state index contributed by atoms with van der Waals surface area (Å²) in [5.41, 5.74) is 16.4. The molecule has 0 aliphatic carbocycles. The summed E-state index contributed by atoms with van der Waals surface area (Å²) in [6.07, 6.45) is 0. The van der Waals surface area contributed by atoms with Gasteiger partial charge in [-0.3, -0.25) is 0 Å². The molecule has 0 saturated carbocycles. The van der Waals surface area contributed by atoms with E-state index in [1.165, 1.54) is 0 Å². The van der Waals surface area contributed by atoms with E-state index in [1.54, 1.807) is 0 Å². The molecule has 0 unspecified atom stereocenters. The first-order chi connectivity index (χ1) is 9.29. The Morgan fingerprint density at radius 1 is 0.895 bits per heavy atom. The number of hydrogen-bond acceptors (Lipinski definition) is 3. The van der Waals surface area contributed by atoms with Crippen LogP contribution in [0.15, 0.2) is 54.6 Å². The Morgan fingerprint density at radius 3 is 2.58 bits per heavy atom. The second-order valence-electron chi connectivity index (χ2n) is 4.48. The van der Waals surface area contributed by atoms with Crippen LogP contribution < -0.4 is 11.5 Å². The molecule has 0 aliphatic rings. The van der Waals surface area contributed by atoms with E-state index in [2.05, 4.69) is 4.98 Å². The van der Waals surface area contributed by atoms with Crippen molar-refractivity contribution in [3.05, 3.63) is 60.2 Å². The molecule has 3 aromatic rings. The van der Waals surface area contributed by atoms with Crippen LogP contribution in [-0.2, 0) is 6.54 Å². The first kappa shape index (κ1) is 11.7. The van der Waals surface area contributed by atoms with Crippen LogP contribution in [0.1, 0.15) is 5.56 Å². The summed E-state index contributed by atoms with van der Waals surface area (Å²) in [7, 11) is 0. The first-order valence-electron chi connectivity index (χ1n) is 6.23. The number of fused-ring (bicyclic) bond motifs is 1. The van der Waals surface area contributed by atoms with Gasteiger partial charge in [0, 0.05) is 17.5 Å². The van der Waals surface area contributed by atoms with E-state index in [0.717, 1.165) is 27.7 Å². The van der Waals surface area contributed by atoms with Crippen molar-refractivity contribution in [3.63, 3.8) is 0 Å². The van der Waals surface area contributed by atoms with Gasteiger partial charge >= 0.3 is 0 Å². The van der Waals surface area contributed by atoms with Crippen molar-refractivity contribution in [2.45, 2.75) is 6.54 Å². The van der Waals surface area contributed by atoms with Gasteiger partial charge in [-0.15, -0.1) is 0 Å². The third-order valence-corrected chi connectivity index (χ3v) is 3.26. The van der Waals surface area contributed by atoms with E-state index in [9.17, 15) is 0 Å². The summed E-state index contributed by atoms with van der Waals surface area (Å²) in [5.74, 6) is 0. The van der Waals surface area contributed by atoms with E-state index < -0.39 is 0 Å². The molecule has 1 aromatic heterocycles. The lowest BCUT2D eigenvalue weighted by atomic mass is 10.0. The number of hydrogen-bond donors (Lipinski definition) is 2. The van der Waals surface area contributed by atoms with Gasteiger partial charge < -0.3 is 11.5 Å². The summed E-state index contributed by atoms with van der Waals surface area (Å²) in [5, 5.41) is 1.05. The van der Waals surface area contributed by atoms with Crippen molar-refractivity contribution in [1.82, 2.24) is 4.98 Å². The van der Waals surface area contributed by atoms with Gasteiger partial charge in [-0.05, 0) is 17.7 Å². The van der Waals surface area contributed by atoms with Crippen molar-refractivity contribution in [3.8, 4) is 11.3 Å². The number of nitrogen functional groups attached to an aromatic ring is 1. The van der Waals surface area contributed by atoms with Gasteiger partial charge in [0.1, 0.15) is 0 Å². The molecule has 0 bridgehead atoms. The Bertz CT molecular complexity index is 735. The summed E-state index contributed by atoms with van der Waals surface area (Å²) in [6.45, 7) is 0.500. The predicted octanol–water partition coefficient (Wildman–Crippen LogP) is 2.94. The number of rotatable bonds is 2. The number of pyridine rings is 1. The van der Waals surface area contributed by atoms with Crippen LogP contribution in [0.25, 0.3) is 22.2 Å². The van der Waals surface area contributed by atoms with Gasteiger partial charge in [-0.25, -0.2) is 4.98 Å². The van der Waals surface area contributed by atoms with E-state index in [-0.39, 0.29) is 0 Å². The second kappa shape index (κ2) is 4.71. The Labute approximate surface area is 111 Å². The molecule has 4 N–H and O–H groups in total. The summed E-state index contributed by atoms with van der Waals surface area (Å²) in [6, 6.07) is 17.9. The highest BCUT2D eigenvalue weighted by Gasteiger charge is 2.06. The van der Waals surface area contributed by atoms with E-state index >= 15 is 0 Å². The molecule has 0 atom stereocenters. The zero-order valence-corrected chi connectivity index (χ0v) is 10.5. The van der Waals surface area contributed by atoms with Crippen molar-refractivity contribution in [2.75, 3.05) is 5.73 Å². The quantitative estimate of drug-likeness (QED) is 0.686. The van der Waals surface area contributed by atoms with Gasteiger partial charge in [-0.2, -0.15) is 0 Å². The van der Waals surface area contributed by atoms with E-state index in [4.69, 9.17) is 11.5 Å². The SMILES string of the molecule is NCc1ccccc1-c1ccc2cccc(N)c2n1. The Morgan fingerprint density at radius 2 is 1.74 bits per heavy atom. The Balaban J connectivity index is 2.23. The van der Waals surface area contributed by atoms with Crippen LogP contribution in [-0.4, -0.2) is 4.98 Å². The van der Waals surface area contributed by atoms with Gasteiger partial charge in [0.05, 0.1) is 16.9 Å². The number of nitrogens with zero attached hydrogens (tertiary/aromatic N) is 1. The smallest absolute Gasteiger partial charge is 0.0938 e. The minimum Gasteiger partial charge on any atom is -0.397 e. The van der Waals surface area contributed by atoms with Crippen molar-refractivity contribution in [2.24, 2.45) is 5.73 Å². The molecule has 3 rings (SSSR count). The largest absolute Gasteiger partial charge is 0.397 e. The molecule has 0 spiro atoms. The summed E-state index contributed by atoms with van der Waals surface area (Å²) >= 11 is 0. The van der Waals surface area contributed by atoms with Crippen LogP contribution in [0.4, 0.5) is 5.69 Å². The van der Waals surface area contributed by atoms with Crippen molar-refractivity contribution >= 4 is 16.6 Å². The van der Waals surface area contributed by atoms with Crippen LogP contribution in [0.3, 0.4) is 0 Å². The lowest BCUT2D eigenvalue weighted by Crippen LogP contribution is -1.99. The summed E-state index contributed by atoms with van der Waals surface area (Å²) < 4.78 is 0. The van der Waals surface area contributed by atoms with Crippen LogP contribution in [0, 0.1) is 0 Å². The van der Waals surface area contributed by atoms with E-state index in [1.807, 2.05) is 54.6 Å². The minimum absolute atomic E-state index is 0.500. The molecule has 0 amide bonds. The van der Waals surface area contributed by atoms with Crippen LogP contribution in [0.2, 0.25) is 0 Å². The van der Waals surface area contributed by atoms with Gasteiger partial charge in [0.2, 0.25) is 0 Å². The molecular formula is C16H15N3. The fourth-order valence-corrected chi connectivity index (χ4v) is 2.27. The Hall–Kier alpha value is -2.39. The molecular weight excluding hydrogens is 234 g/mol. The van der Waals surface area contributed by atoms with Crippen LogP contribution >= 0.6 is 0 Å². The maximum atomic E-state index is 5.99. The van der Waals surface area contributed by atoms with Gasteiger partial charge in [-0.1, -0.05) is 42.5 Å². The average molecular weight is 249 g/mol. The molecule has 3 nitrogen and oxygen atoms in total. The number of para-hydroxylation sites is 1. The zero-order valence-electron chi connectivity index (χ0n) is 10.5. The fourth-order valence-electron chi connectivity index (χ4n) is 2.27. The average Bonchev–Trinajstić information content (AvgIpc) is 2.47.